The third-order valence-corrected chi connectivity index (χ3v) is 16.7. The lowest BCUT2D eigenvalue weighted by Gasteiger charge is -2.27. The second-order valence-electron chi connectivity index (χ2n) is 25.4. The van der Waals surface area contributed by atoms with Gasteiger partial charge in [-0.1, -0.05) is 297 Å². The minimum atomic E-state index is -4.46. The molecule has 0 spiro atoms. The number of rotatable bonds is 65. The third-order valence-electron chi connectivity index (χ3n) is 15.7. The van der Waals surface area contributed by atoms with E-state index in [0.717, 1.165) is 103 Å². The van der Waals surface area contributed by atoms with E-state index in [1.165, 1.54) is 180 Å². The van der Waals surface area contributed by atoms with Crippen molar-refractivity contribution < 1.29 is 37.3 Å². The first kappa shape index (κ1) is 83.7. The molecule has 0 saturated carbocycles. The van der Waals surface area contributed by atoms with Crippen molar-refractivity contribution in [3.63, 3.8) is 0 Å². The van der Waals surface area contributed by atoms with Crippen LogP contribution in [0.15, 0.2) is 109 Å². The molecule has 3 atom stereocenters. The molecule has 10 heteroatoms. The summed E-state index contributed by atoms with van der Waals surface area (Å²) in [6, 6.07) is -0.859. The molecule has 9 nitrogen and oxygen atoms in total. The molecule has 0 aromatic carbocycles. The molecular formula is C77H138N2O7P+. The molecule has 0 radical (unpaired) electrons. The fourth-order valence-corrected chi connectivity index (χ4v) is 10.9. The number of hydrogen-bond acceptors (Lipinski definition) is 6. The molecule has 1 amide bonds. The minimum Gasteiger partial charge on any atom is -0.456 e. The highest BCUT2D eigenvalue weighted by Crippen LogP contribution is 2.43. The SMILES string of the molecule is CC/C=C\C/C=C\C/C=C\C/C=C\C/C=C\CCCCCCCCCCCCCC(=O)OC(/C=C/CCCCCCCCCCC)C(COP(=O)(O)OCC[N+](C)(C)C)NC(=O)CCCCCCCCCCCC/C=C\C/C=C\C/C=C\CCCCC. The van der Waals surface area contributed by atoms with Crippen LogP contribution in [0.1, 0.15) is 316 Å². The summed E-state index contributed by atoms with van der Waals surface area (Å²) < 4.78 is 30.8. The van der Waals surface area contributed by atoms with Crippen molar-refractivity contribution in [2.45, 2.75) is 328 Å². The van der Waals surface area contributed by atoms with E-state index in [9.17, 15) is 19.0 Å². The number of unbranched alkanes of at least 4 members (excludes halogenated alkanes) is 33. The summed E-state index contributed by atoms with van der Waals surface area (Å²) in [6.07, 6.45) is 91.0. The molecule has 0 aromatic rings. The van der Waals surface area contributed by atoms with Crippen molar-refractivity contribution in [3.8, 4) is 0 Å². The van der Waals surface area contributed by atoms with E-state index in [1.54, 1.807) is 0 Å². The van der Waals surface area contributed by atoms with Gasteiger partial charge in [-0.15, -0.1) is 0 Å². The van der Waals surface area contributed by atoms with Gasteiger partial charge in [-0.25, -0.2) is 4.57 Å². The van der Waals surface area contributed by atoms with Gasteiger partial charge in [0.15, 0.2) is 0 Å². The van der Waals surface area contributed by atoms with Crippen LogP contribution in [-0.2, 0) is 27.9 Å². The van der Waals surface area contributed by atoms with Gasteiger partial charge in [-0.05, 0) is 115 Å². The number of ether oxygens (including phenoxy) is 1. The fraction of sp³-hybridized carbons (Fsp3) is 0.740. The van der Waals surface area contributed by atoms with E-state index in [1.807, 2.05) is 33.3 Å². The lowest BCUT2D eigenvalue weighted by molar-refractivity contribution is -0.870. The van der Waals surface area contributed by atoms with Crippen LogP contribution in [-0.4, -0.2) is 74.3 Å². The predicted molar refractivity (Wildman–Crippen MR) is 378 cm³/mol. The highest BCUT2D eigenvalue weighted by atomic mass is 31.2. The molecule has 0 fully saturated rings. The maximum absolute atomic E-state index is 13.6. The Hall–Kier alpha value is -3.33. The molecular weight excluding hydrogens is 1100 g/mol. The molecule has 0 aliphatic heterocycles. The highest BCUT2D eigenvalue weighted by Gasteiger charge is 2.30. The van der Waals surface area contributed by atoms with Crippen molar-refractivity contribution in [2.24, 2.45) is 0 Å². The van der Waals surface area contributed by atoms with Crippen molar-refractivity contribution in [1.29, 1.82) is 0 Å². The number of allylic oxidation sites excluding steroid dienone is 17. The Kier molecular flexibility index (Phi) is 63.1. The molecule has 3 unspecified atom stereocenters. The van der Waals surface area contributed by atoms with Crippen molar-refractivity contribution in [2.75, 3.05) is 40.9 Å². The Morgan fingerprint density at radius 2 is 0.736 bits per heavy atom. The summed E-state index contributed by atoms with van der Waals surface area (Å²) in [5.41, 5.74) is 0. The van der Waals surface area contributed by atoms with Crippen LogP contribution in [0, 0.1) is 0 Å². The van der Waals surface area contributed by atoms with Crippen LogP contribution in [0.25, 0.3) is 0 Å². The molecule has 502 valence electrons. The summed E-state index contributed by atoms with van der Waals surface area (Å²) in [6.45, 7) is 6.88. The molecule has 0 bridgehead atoms. The summed E-state index contributed by atoms with van der Waals surface area (Å²) in [7, 11) is 1.49. The van der Waals surface area contributed by atoms with Crippen molar-refractivity contribution >= 4 is 19.7 Å². The zero-order valence-electron chi connectivity index (χ0n) is 57.5. The van der Waals surface area contributed by atoms with Crippen LogP contribution in [0.4, 0.5) is 0 Å². The number of carbonyl (C=O) groups excluding carboxylic acids is 2. The van der Waals surface area contributed by atoms with E-state index in [4.69, 9.17) is 13.8 Å². The average molecular weight is 1230 g/mol. The number of nitrogens with zero attached hydrogens (tertiary/aromatic N) is 1. The van der Waals surface area contributed by atoms with Gasteiger partial charge in [0, 0.05) is 12.8 Å². The average Bonchev–Trinajstić information content (AvgIpc) is 3.70. The predicted octanol–water partition coefficient (Wildman–Crippen LogP) is 23.2. The number of amides is 1. The van der Waals surface area contributed by atoms with Crippen LogP contribution in [0.3, 0.4) is 0 Å². The number of carbonyl (C=O) groups is 2. The number of esters is 1. The quantitative estimate of drug-likeness (QED) is 0.0205. The summed E-state index contributed by atoms with van der Waals surface area (Å²) in [5, 5.41) is 3.07. The largest absolute Gasteiger partial charge is 0.472 e. The molecule has 0 aromatic heterocycles. The van der Waals surface area contributed by atoms with Gasteiger partial charge in [0.25, 0.3) is 0 Å². The fourth-order valence-electron chi connectivity index (χ4n) is 10.2. The number of hydrogen-bond donors (Lipinski definition) is 2. The highest BCUT2D eigenvalue weighted by molar-refractivity contribution is 7.47. The first-order valence-corrected chi connectivity index (χ1v) is 37.7. The van der Waals surface area contributed by atoms with E-state index in [2.05, 4.69) is 123 Å². The molecule has 0 saturated heterocycles. The van der Waals surface area contributed by atoms with Crippen LogP contribution in [0.2, 0.25) is 0 Å². The Balaban J connectivity index is 5.01. The van der Waals surface area contributed by atoms with E-state index in [-0.39, 0.29) is 31.5 Å². The lowest BCUT2D eigenvalue weighted by atomic mass is 10.0. The van der Waals surface area contributed by atoms with Crippen molar-refractivity contribution in [1.82, 2.24) is 5.32 Å². The molecule has 0 aliphatic carbocycles. The van der Waals surface area contributed by atoms with E-state index in [0.29, 0.717) is 17.4 Å². The van der Waals surface area contributed by atoms with Crippen LogP contribution in [0.5, 0.6) is 0 Å². The summed E-state index contributed by atoms with van der Waals surface area (Å²) in [5.74, 6) is -0.511. The zero-order chi connectivity index (χ0) is 63.5. The van der Waals surface area contributed by atoms with Gasteiger partial charge in [0.1, 0.15) is 19.3 Å². The topological polar surface area (TPSA) is 111 Å². The number of likely N-dealkylation sites (N-methyl/N-ethyl adjacent to an activating group) is 1. The molecule has 87 heavy (non-hydrogen) atoms. The number of phosphoric acid groups is 1. The Morgan fingerprint density at radius 1 is 0.414 bits per heavy atom. The van der Waals surface area contributed by atoms with E-state index >= 15 is 0 Å². The first-order chi connectivity index (χ1) is 42.4. The Labute approximate surface area is 538 Å². The number of phosphoric ester groups is 1. The van der Waals surface area contributed by atoms with Gasteiger partial charge in [0.2, 0.25) is 5.91 Å². The monoisotopic (exact) mass is 1230 g/mol. The molecule has 0 aliphatic rings. The normalized spacial score (nSPS) is 14.1. The Bertz CT molecular complexity index is 1860. The third kappa shape index (κ3) is 66.9. The summed E-state index contributed by atoms with van der Waals surface area (Å²) >= 11 is 0. The van der Waals surface area contributed by atoms with E-state index < -0.39 is 20.0 Å². The Morgan fingerprint density at radius 3 is 1.13 bits per heavy atom. The van der Waals surface area contributed by atoms with Gasteiger partial charge < -0.3 is 19.4 Å². The molecule has 2 N–H and O–H groups in total. The smallest absolute Gasteiger partial charge is 0.456 e. The number of quaternary nitrogens is 1. The van der Waals surface area contributed by atoms with Crippen molar-refractivity contribution in [3.05, 3.63) is 109 Å². The maximum Gasteiger partial charge on any atom is 0.472 e. The van der Waals surface area contributed by atoms with Gasteiger partial charge in [-0.3, -0.25) is 18.6 Å². The lowest BCUT2D eigenvalue weighted by Crippen LogP contribution is -2.47. The second-order valence-corrected chi connectivity index (χ2v) is 26.8. The minimum absolute atomic E-state index is 0.0349. The van der Waals surface area contributed by atoms with Crippen LogP contribution < -0.4 is 5.32 Å². The molecule has 0 heterocycles. The van der Waals surface area contributed by atoms with Gasteiger partial charge in [0.05, 0.1) is 33.8 Å². The van der Waals surface area contributed by atoms with Gasteiger partial charge >= 0.3 is 13.8 Å². The van der Waals surface area contributed by atoms with Gasteiger partial charge in [-0.2, -0.15) is 0 Å². The summed E-state index contributed by atoms with van der Waals surface area (Å²) in [4.78, 5) is 37.9. The van der Waals surface area contributed by atoms with Crippen LogP contribution >= 0.6 is 7.82 Å². The zero-order valence-corrected chi connectivity index (χ0v) is 58.4. The maximum atomic E-state index is 13.6. The number of nitrogens with one attached hydrogen (secondary N) is 1. The second kappa shape index (κ2) is 65.6. The first-order valence-electron chi connectivity index (χ1n) is 36.2. The molecule has 0 rings (SSSR count). The standard InChI is InChI=1S/C77H137N2O7P/c1-7-10-13-16-19-22-25-27-29-31-33-35-37-38-39-40-42-44-46-48-50-52-55-58-61-64-67-70-77(81)86-75(68-65-62-59-56-53-24-21-18-15-12-9-3)74(73-85-87(82,83)84-72-71-79(4,5)6)78-76(80)69-66-63-60-57-54-51-49-47-45-43-41-36-34-32-30-28-26-23-20-17-14-11-8-2/h10,13,19-20,22-23,27-30,33-36,38-39,65,68,74-75H,7-9,11-12,14-18,21,24-26,31-32,37,40-64,66-67,69-73H2,1-6H3,(H-,78,80,82,83)/p+1/b13-10-,22-19-,23-20-,29-27-,30-28-,35-33-,36-34-,39-38-,68-65+.